The van der Waals surface area contributed by atoms with Crippen LogP contribution in [0.5, 0.6) is 0 Å². The Balaban J connectivity index is 1.86. The van der Waals surface area contributed by atoms with Gasteiger partial charge in [-0.05, 0) is 48.5 Å². The lowest BCUT2D eigenvalue weighted by molar-refractivity contribution is 0.0739. The summed E-state index contributed by atoms with van der Waals surface area (Å²) in [6.07, 6.45) is 5.59. The summed E-state index contributed by atoms with van der Waals surface area (Å²) in [5.41, 5.74) is 1.98. The van der Waals surface area contributed by atoms with Gasteiger partial charge in [-0.1, -0.05) is 17.8 Å². The van der Waals surface area contributed by atoms with Gasteiger partial charge >= 0.3 is 0 Å². The second-order valence-corrected chi connectivity index (χ2v) is 7.05. The van der Waals surface area contributed by atoms with E-state index in [-0.39, 0.29) is 11.9 Å². The van der Waals surface area contributed by atoms with Crippen LogP contribution in [-0.4, -0.2) is 46.0 Å². The summed E-state index contributed by atoms with van der Waals surface area (Å²) in [7, 11) is 3.95. The molecule has 0 N–H and O–H groups in total. The van der Waals surface area contributed by atoms with Crippen molar-refractivity contribution in [2.45, 2.75) is 38.6 Å². The fourth-order valence-corrected chi connectivity index (χ4v) is 3.81. The second-order valence-electron chi connectivity index (χ2n) is 6.30. The Labute approximate surface area is 146 Å². The Kier molecular flexibility index (Phi) is 5.08. The quantitative estimate of drug-likeness (QED) is 0.834. The molecule has 3 rings (SSSR count). The monoisotopic (exact) mass is 345 g/mol. The zero-order valence-electron chi connectivity index (χ0n) is 14.4. The molecule has 1 atom stereocenters. The average Bonchev–Trinajstić information content (AvgIpc) is 3.24. The van der Waals surface area contributed by atoms with Gasteiger partial charge in [0.1, 0.15) is 10.7 Å². The Morgan fingerprint density at radius 2 is 2.29 bits per heavy atom. The lowest BCUT2D eigenvalue weighted by atomic mass is 10.1. The Bertz CT molecular complexity index is 715. The van der Waals surface area contributed by atoms with Gasteiger partial charge in [0.05, 0.1) is 11.7 Å². The van der Waals surface area contributed by atoms with Crippen molar-refractivity contribution in [3.8, 4) is 0 Å². The van der Waals surface area contributed by atoms with E-state index in [1.54, 1.807) is 0 Å². The predicted octanol–water partition coefficient (Wildman–Crippen LogP) is 2.93. The molecule has 0 radical (unpaired) electrons. The van der Waals surface area contributed by atoms with Crippen LogP contribution in [-0.2, 0) is 6.42 Å². The second kappa shape index (κ2) is 7.25. The summed E-state index contributed by atoms with van der Waals surface area (Å²) in [6.45, 7) is 2.87. The molecule has 0 saturated carbocycles. The minimum absolute atomic E-state index is 0.0687. The van der Waals surface area contributed by atoms with Crippen LogP contribution in [0.15, 0.2) is 18.3 Å². The first-order valence-corrected chi connectivity index (χ1v) is 9.14. The average molecular weight is 345 g/mol. The van der Waals surface area contributed by atoms with E-state index in [1.165, 1.54) is 11.5 Å². The summed E-state index contributed by atoms with van der Waals surface area (Å²) in [4.78, 5) is 22.1. The third kappa shape index (κ3) is 3.26. The molecule has 0 aliphatic carbocycles. The number of hydrogen-bond acceptors (Lipinski definition) is 6. The SMILES string of the molecule is CCCc1nnsc1C(=O)N1CCC[C@@H]1c1ccnc(N(C)C)c1. The van der Waals surface area contributed by atoms with Crippen LogP contribution in [0, 0.1) is 0 Å². The third-order valence-corrected chi connectivity index (χ3v) is 5.12. The molecule has 1 saturated heterocycles. The maximum atomic E-state index is 13.0. The summed E-state index contributed by atoms with van der Waals surface area (Å²) in [5, 5.41) is 4.14. The fourth-order valence-electron chi connectivity index (χ4n) is 3.14. The molecule has 0 aromatic carbocycles. The number of aryl methyl sites for hydroxylation is 1. The van der Waals surface area contributed by atoms with Crippen LogP contribution in [0.1, 0.15) is 53.2 Å². The fraction of sp³-hybridized carbons (Fsp3) is 0.529. The van der Waals surface area contributed by atoms with Crippen molar-refractivity contribution in [1.29, 1.82) is 0 Å². The lowest BCUT2D eigenvalue weighted by Crippen LogP contribution is -2.30. The van der Waals surface area contributed by atoms with E-state index in [0.29, 0.717) is 4.88 Å². The van der Waals surface area contributed by atoms with E-state index < -0.39 is 0 Å². The van der Waals surface area contributed by atoms with Crippen LogP contribution >= 0.6 is 11.5 Å². The molecular weight excluding hydrogens is 322 g/mol. The number of amides is 1. The molecule has 24 heavy (non-hydrogen) atoms. The molecule has 7 heteroatoms. The highest BCUT2D eigenvalue weighted by Crippen LogP contribution is 2.34. The largest absolute Gasteiger partial charge is 0.363 e. The smallest absolute Gasteiger partial charge is 0.268 e. The first-order chi connectivity index (χ1) is 11.6. The molecule has 128 valence electrons. The van der Waals surface area contributed by atoms with Gasteiger partial charge in [0, 0.05) is 26.8 Å². The molecular formula is C17H23N5OS. The van der Waals surface area contributed by atoms with Crippen molar-refractivity contribution < 1.29 is 4.79 Å². The first kappa shape index (κ1) is 16.8. The van der Waals surface area contributed by atoms with Crippen molar-refractivity contribution in [2.75, 3.05) is 25.5 Å². The standard InChI is InChI=1S/C17H23N5OS/c1-4-6-13-16(24-20-19-13)17(23)22-10-5-7-14(22)12-8-9-18-15(11-12)21(2)3/h8-9,11,14H,4-7,10H2,1-3H3/t14-/m1/s1. The van der Waals surface area contributed by atoms with E-state index in [2.05, 4.69) is 27.6 Å². The summed E-state index contributed by atoms with van der Waals surface area (Å²) in [5.74, 6) is 0.983. The number of pyridine rings is 1. The zero-order valence-corrected chi connectivity index (χ0v) is 15.2. The third-order valence-electron chi connectivity index (χ3n) is 4.36. The van der Waals surface area contributed by atoms with Gasteiger partial charge in [0.25, 0.3) is 5.91 Å². The van der Waals surface area contributed by atoms with Gasteiger partial charge < -0.3 is 9.80 Å². The maximum absolute atomic E-state index is 13.0. The predicted molar refractivity (Wildman–Crippen MR) is 95.5 cm³/mol. The van der Waals surface area contributed by atoms with Gasteiger partial charge in [-0.25, -0.2) is 4.98 Å². The van der Waals surface area contributed by atoms with E-state index >= 15 is 0 Å². The van der Waals surface area contributed by atoms with Gasteiger partial charge in [-0.3, -0.25) is 4.79 Å². The summed E-state index contributed by atoms with van der Waals surface area (Å²) in [6, 6.07) is 4.20. The molecule has 0 unspecified atom stereocenters. The van der Waals surface area contributed by atoms with Gasteiger partial charge in [-0.15, -0.1) is 5.10 Å². The van der Waals surface area contributed by atoms with Gasteiger partial charge in [-0.2, -0.15) is 0 Å². The topological polar surface area (TPSA) is 62.2 Å². The highest BCUT2D eigenvalue weighted by atomic mass is 32.1. The number of aromatic nitrogens is 3. The first-order valence-electron chi connectivity index (χ1n) is 8.37. The van der Waals surface area contributed by atoms with Crippen molar-refractivity contribution in [3.05, 3.63) is 34.5 Å². The lowest BCUT2D eigenvalue weighted by Gasteiger charge is -2.25. The van der Waals surface area contributed by atoms with E-state index in [4.69, 9.17) is 0 Å². The molecule has 0 bridgehead atoms. The molecule has 6 nitrogen and oxygen atoms in total. The molecule has 2 aromatic heterocycles. The number of anilines is 1. The van der Waals surface area contributed by atoms with E-state index in [1.807, 2.05) is 36.2 Å². The number of rotatable bonds is 5. The normalized spacial score (nSPS) is 17.3. The minimum Gasteiger partial charge on any atom is -0.363 e. The van der Waals surface area contributed by atoms with Crippen LogP contribution in [0.25, 0.3) is 0 Å². The Hall–Kier alpha value is -2.02. The van der Waals surface area contributed by atoms with Gasteiger partial charge in [0.15, 0.2) is 0 Å². The van der Waals surface area contributed by atoms with Crippen LogP contribution < -0.4 is 4.90 Å². The van der Waals surface area contributed by atoms with Crippen molar-refractivity contribution >= 4 is 23.3 Å². The molecule has 2 aromatic rings. The van der Waals surface area contributed by atoms with Crippen molar-refractivity contribution in [1.82, 2.24) is 19.5 Å². The molecule has 3 heterocycles. The molecule has 1 amide bonds. The highest BCUT2D eigenvalue weighted by molar-refractivity contribution is 7.08. The van der Waals surface area contributed by atoms with Gasteiger partial charge in [0.2, 0.25) is 0 Å². The van der Waals surface area contributed by atoms with Crippen LogP contribution in [0.3, 0.4) is 0 Å². The molecule has 1 aliphatic heterocycles. The minimum atomic E-state index is 0.0687. The maximum Gasteiger partial charge on any atom is 0.268 e. The number of hydrogen-bond donors (Lipinski definition) is 0. The zero-order chi connectivity index (χ0) is 17.1. The molecule has 0 spiro atoms. The number of carbonyl (C=O) groups excluding carboxylic acids is 1. The number of likely N-dealkylation sites (tertiary alicyclic amines) is 1. The Morgan fingerprint density at radius 3 is 3.04 bits per heavy atom. The Morgan fingerprint density at radius 1 is 1.46 bits per heavy atom. The highest BCUT2D eigenvalue weighted by Gasteiger charge is 2.33. The van der Waals surface area contributed by atoms with Crippen molar-refractivity contribution in [3.63, 3.8) is 0 Å². The summed E-state index contributed by atoms with van der Waals surface area (Å²) < 4.78 is 4.00. The summed E-state index contributed by atoms with van der Waals surface area (Å²) >= 11 is 1.22. The van der Waals surface area contributed by atoms with Crippen molar-refractivity contribution in [2.24, 2.45) is 0 Å². The van der Waals surface area contributed by atoms with Crippen LogP contribution in [0.4, 0.5) is 5.82 Å². The van der Waals surface area contributed by atoms with E-state index in [0.717, 1.165) is 49.3 Å². The van der Waals surface area contributed by atoms with E-state index in [9.17, 15) is 4.79 Å². The molecule has 1 aliphatic rings. The van der Waals surface area contributed by atoms with Crippen LogP contribution in [0.2, 0.25) is 0 Å². The number of carbonyl (C=O) groups is 1. The number of nitrogens with zero attached hydrogens (tertiary/aromatic N) is 5. The molecule has 1 fully saturated rings.